The number of benzene rings is 1. The number of alkyl halides is 2. The Kier molecular flexibility index (Phi) is 8.36. The van der Waals surface area contributed by atoms with Gasteiger partial charge in [0.05, 0.1) is 32.5 Å². The average Bonchev–Trinajstić information content (AvgIpc) is 2.76. The van der Waals surface area contributed by atoms with Crippen LogP contribution >= 0.6 is 0 Å². The number of halogens is 4. The molecule has 8 heteroatoms. The van der Waals surface area contributed by atoms with Crippen molar-refractivity contribution in [2.24, 2.45) is 11.8 Å². The lowest BCUT2D eigenvalue weighted by molar-refractivity contribution is -0.207. The number of allylic oxidation sites excluding steroid dienone is 1. The molecule has 31 heavy (non-hydrogen) atoms. The number of rotatable bonds is 9. The molecule has 4 atom stereocenters. The summed E-state index contributed by atoms with van der Waals surface area (Å²) in [7, 11) is 0. The molecular weight excluding hydrogens is 416 g/mol. The molecule has 2 fully saturated rings. The average molecular weight is 446 g/mol. The van der Waals surface area contributed by atoms with Crippen LogP contribution in [0.5, 0.6) is 5.75 Å². The molecule has 0 amide bonds. The third kappa shape index (κ3) is 6.20. The summed E-state index contributed by atoms with van der Waals surface area (Å²) in [5.41, 5.74) is 0.0697. The molecule has 1 aliphatic carbocycles. The van der Waals surface area contributed by atoms with E-state index in [-0.39, 0.29) is 56.2 Å². The van der Waals surface area contributed by atoms with Gasteiger partial charge in [0.25, 0.3) is 5.92 Å². The van der Waals surface area contributed by atoms with Crippen molar-refractivity contribution in [2.75, 3.05) is 19.8 Å². The van der Waals surface area contributed by atoms with Gasteiger partial charge >= 0.3 is 0 Å². The highest BCUT2D eigenvalue weighted by molar-refractivity contribution is 5.30. The van der Waals surface area contributed by atoms with Gasteiger partial charge in [-0.1, -0.05) is 6.08 Å². The van der Waals surface area contributed by atoms with Gasteiger partial charge in [0.2, 0.25) is 5.82 Å². The van der Waals surface area contributed by atoms with Crippen molar-refractivity contribution in [2.45, 2.75) is 64.0 Å². The highest BCUT2D eigenvalue weighted by atomic mass is 19.3. The molecule has 1 heterocycles. The second kappa shape index (κ2) is 10.8. The van der Waals surface area contributed by atoms with Gasteiger partial charge in [0, 0.05) is 24.3 Å². The van der Waals surface area contributed by atoms with E-state index in [9.17, 15) is 17.6 Å². The summed E-state index contributed by atoms with van der Waals surface area (Å²) < 4.78 is 78.5. The maximum Gasteiger partial charge on any atom is 0.253 e. The highest BCUT2D eigenvalue weighted by Crippen LogP contribution is 2.42. The van der Waals surface area contributed by atoms with E-state index in [4.69, 9.17) is 18.9 Å². The van der Waals surface area contributed by atoms with Crippen LogP contribution in [0.4, 0.5) is 17.6 Å². The quantitative estimate of drug-likeness (QED) is 0.363. The Hall–Kier alpha value is -1.64. The fraction of sp³-hybridized carbons (Fsp3) is 0.652. The van der Waals surface area contributed by atoms with Crippen molar-refractivity contribution < 1.29 is 36.5 Å². The molecule has 1 aromatic rings. The lowest BCUT2D eigenvalue weighted by atomic mass is 9.79. The Balaban J connectivity index is 1.40. The third-order valence-corrected chi connectivity index (χ3v) is 5.93. The monoisotopic (exact) mass is 446 g/mol. The normalized spacial score (nSPS) is 28.3. The van der Waals surface area contributed by atoms with Gasteiger partial charge in [-0.3, -0.25) is 0 Å². The minimum Gasteiger partial charge on any atom is -0.491 e. The van der Waals surface area contributed by atoms with Crippen molar-refractivity contribution in [3.63, 3.8) is 0 Å². The van der Waals surface area contributed by atoms with Crippen molar-refractivity contribution in [3.8, 4) is 5.75 Å². The van der Waals surface area contributed by atoms with Crippen LogP contribution in [0.2, 0.25) is 0 Å². The van der Waals surface area contributed by atoms with E-state index >= 15 is 0 Å². The van der Waals surface area contributed by atoms with Crippen LogP contribution in [-0.2, 0) is 20.8 Å². The van der Waals surface area contributed by atoms with Gasteiger partial charge in [0.15, 0.2) is 17.9 Å². The van der Waals surface area contributed by atoms with Crippen LogP contribution in [0.25, 0.3) is 0 Å². The predicted molar refractivity (Wildman–Crippen MR) is 107 cm³/mol. The molecule has 0 aromatic heterocycles. The summed E-state index contributed by atoms with van der Waals surface area (Å²) >= 11 is 0. The zero-order valence-electron chi connectivity index (χ0n) is 17.8. The Bertz CT molecular complexity index is 735. The van der Waals surface area contributed by atoms with Crippen LogP contribution in [0, 0.1) is 23.5 Å². The zero-order chi connectivity index (χ0) is 22.4. The first-order valence-corrected chi connectivity index (χ1v) is 10.8. The van der Waals surface area contributed by atoms with E-state index in [2.05, 4.69) is 6.58 Å². The minimum absolute atomic E-state index is 0.00686. The Morgan fingerprint density at radius 2 is 1.94 bits per heavy atom. The van der Waals surface area contributed by atoms with E-state index in [1.807, 2.05) is 0 Å². The van der Waals surface area contributed by atoms with Crippen molar-refractivity contribution in [1.29, 1.82) is 0 Å². The van der Waals surface area contributed by atoms with Gasteiger partial charge in [0.1, 0.15) is 0 Å². The maximum absolute atomic E-state index is 14.3. The van der Waals surface area contributed by atoms with Gasteiger partial charge in [-0.05, 0) is 44.2 Å². The van der Waals surface area contributed by atoms with Crippen molar-refractivity contribution in [1.82, 2.24) is 0 Å². The minimum atomic E-state index is -2.75. The Labute approximate surface area is 180 Å². The summed E-state index contributed by atoms with van der Waals surface area (Å²) in [5, 5.41) is 0. The molecule has 3 rings (SSSR count). The predicted octanol–water partition coefficient (Wildman–Crippen LogP) is 5.64. The molecule has 174 valence electrons. The van der Waals surface area contributed by atoms with E-state index in [0.29, 0.717) is 25.7 Å². The van der Waals surface area contributed by atoms with Crippen molar-refractivity contribution in [3.05, 3.63) is 42.0 Å². The molecule has 4 unspecified atom stereocenters. The molecule has 1 aromatic carbocycles. The Morgan fingerprint density at radius 1 is 1.13 bits per heavy atom. The summed E-state index contributed by atoms with van der Waals surface area (Å²) in [4.78, 5) is 0. The van der Waals surface area contributed by atoms with Gasteiger partial charge in [-0.25, -0.2) is 13.2 Å². The van der Waals surface area contributed by atoms with E-state index < -0.39 is 29.8 Å². The lowest BCUT2D eigenvalue weighted by Crippen LogP contribution is -2.40. The molecule has 0 spiro atoms. The smallest absolute Gasteiger partial charge is 0.253 e. The standard InChI is InChI=1S/C23H30F4O4/c1-3-15-5-7-17(23(26,27)11-15)13-29-18-8-10-20(31-14-18)30-12-16-6-9-19(28-4-2)22(25)21(16)24/h3,6,9,15,17-18,20H,1,4-5,7-8,10-14H2,2H3. The number of hydrogen-bond donors (Lipinski definition) is 0. The van der Waals surface area contributed by atoms with Gasteiger partial charge in [-0.2, -0.15) is 4.39 Å². The van der Waals surface area contributed by atoms with Crippen molar-refractivity contribution >= 4 is 0 Å². The Morgan fingerprint density at radius 3 is 2.58 bits per heavy atom. The van der Waals surface area contributed by atoms with Crippen LogP contribution in [-0.4, -0.2) is 38.1 Å². The van der Waals surface area contributed by atoms with Crippen LogP contribution in [0.1, 0.15) is 44.6 Å². The molecule has 1 saturated carbocycles. The highest BCUT2D eigenvalue weighted by Gasteiger charge is 2.44. The molecule has 4 nitrogen and oxygen atoms in total. The first kappa shape index (κ1) is 24.0. The lowest BCUT2D eigenvalue weighted by Gasteiger charge is -2.36. The molecule has 1 saturated heterocycles. The van der Waals surface area contributed by atoms with Crippen LogP contribution in [0.15, 0.2) is 24.8 Å². The fourth-order valence-electron chi connectivity index (χ4n) is 4.00. The zero-order valence-corrected chi connectivity index (χ0v) is 17.8. The molecular formula is C23H30F4O4. The van der Waals surface area contributed by atoms with Gasteiger partial charge < -0.3 is 18.9 Å². The second-order valence-corrected chi connectivity index (χ2v) is 8.13. The molecule has 2 aliphatic rings. The summed E-state index contributed by atoms with van der Waals surface area (Å²) in [5.74, 6) is -5.88. The van der Waals surface area contributed by atoms with Gasteiger partial charge in [-0.15, -0.1) is 6.58 Å². The molecule has 1 aliphatic heterocycles. The SMILES string of the molecule is C=CC1CCC(COC2CCC(OCc3ccc(OCC)c(F)c3F)OC2)C(F)(F)C1. The first-order chi connectivity index (χ1) is 14.8. The largest absolute Gasteiger partial charge is 0.491 e. The molecule has 0 bridgehead atoms. The second-order valence-electron chi connectivity index (χ2n) is 8.13. The van der Waals surface area contributed by atoms with Crippen LogP contribution in [0.3, 0.4) is 0 Å². The molecule has 0 N–H and O–H groups in total. The van der Waals surface area contributed by atoms with E-state index in [0.717, 1.165) is 0 Å². The number of hydrogen-bond acceptors (Lipinski definition) is 4. The third-order valence-electron chi connectivity index (χ3n) is 5.93. The summed E-state index contributed by atoms with van der Waals surface area (Å²) in [6, 6.07) is 2.78. The van der Waals surface area contributed by atoms with E-state index in [1.54, 1.807) is 13.0 Å². The maximum atomic E-state index is 14.3. The molecule has 0 radical (unpaired) electrons. The topological polar surface area (TPSA) is 36.9 Å². The summed E-state index contributed by atoms with van der Waals surface area (Å²) in [6.07, 6.45) is 2.73. The van der Waals surface area contributed by atoms with E-state index in [1.165, 1.54) is 12.1 Å². The summed E-state index contributed by atoms with van der Waals surface area (Å²) in [6.45, 7) is 5.59. The van der Waals surface area contributed by atoms with Crippen LogP contribution < -0.4 is 4.74 Å². The number of ether oxygens (including phenoxy) is 4. The fourth-order valence-corrected chi connectivity index (χ4v) is 4.00. The first-order valence-electron chi connectivity index (χ1n) is 10.8.